The predicted molar refractivity (Wildman–Crippen MR) is 150 cm³/mol. The number of anilines is 1. The van der Waals surface area contributed by atoms with E-state index < -0.39 is 0 Å². The van der Waals surface area contributed by atoms with Crippen LogP contribution in [0.5, 0.6) is 0 Å². The lowest BCUT2D eigenvalue weighted by atomic mass is 9.91. The van der Waals surface area contributed by atoms with E-state index in [1.54, 1.807) is 12.1 Å². The number of likely N-dealkylation sites (tertiary alicyclic amines) is 1. The molecular formula is C31H38N4O2. The van der Waals surface area contributed by atoms with Gasteiger partial charge in [0.15, 0.2) is 0 Å². The average molecular weight is 499 g/mol. The number of amides is 3. The van der Waals surface area contributed by atoms with Crippen molar-refractivity contribution in [1.29, 1.82) is 0 Å². The summed E-state index contributed by atoms with van der Waals surface area (Å²) in [4.78, 5) is 27.8. The fraction of sp³-hybridized carbons (Fsp3) is 0.355. The maximum absolute atomic E-state index is 13.0. The molecule has 194 valence electrons. The van der Waals surface area contributed by atoms with Gasteiger partial charge in [0.1, 0.15) is 0 Å². The lowest BCUT2D eigenvalue weighted by Gasteiger charge is -2.38. The summed E-state index contributed by atoms with van der Waals surface area (Å²) < 4.78 is 0. The standard InChI is InChI=1S/C31H38N4O2/c1-2-3-20-32-31(37)34-28-17-11-10-16-27(28)30(36)33-23-24-18-21-35(22-19-24)29(25-12-6-4-7-13-25)26-14-8-5-9-15-26/h4-17,24,29H,2-3,18-23H2,1H3,(H,33,36)(H2,32,34,37). The fourth-order valence-corrected chi connectivity index (χ4v) is 4.97. The smallest absolute Gasteiger partial charge is 0.319 e. The molecule has 3 amide bonds. The summed E-state index contributed by atoms with van der Waals surface area (Å²) in [6.45, 7) is 5.28. The van der Waals surface area contributed by atoms with E-state index in [0.29, 0.717) is 30.3 Å². The van der Waals surface area contributed by atoms with Crippen LogP contribution in [0.2, 0.25) is 0 Å². The van der Waals surface area contributed by atoms with Gasteiger partial charge in [-0.2, -0.15) is 0 Å². The SMILES string of the molecule is CCCCNC(=O)Nc1ccccc1C(=O)NCC1CCN(C(c2ccccc2)c2ccccc2)CC1. The Kier molecular flexibility index (Phi) is 9.72. The van der Waals surface area contributed by atoms with Crippen LogP contribution in [0.15, 0.2) is 84.9 Å². The second-order valence-corrected chi connectivity index (χ2v) is 9.69. The number of para-hydroxylation sites is 1. The van der Waals surface area contributed by atoms with Gasteiger partial charge in [-0.05, 0) is 61.5 Å². The first-order chi connectivity index (χ1) is 18.2. The Labute approximate surface area is 220 Å². The van der Waals surface area contributed by atoms with E-state index in [2.05, 4.69) is 88.4 Å². The van der Waals surface area contributed by atoms with Gasteiger partial charge in [0.25, 0.3) is 5.91 Å². The van der Waals surface area contributed by atoms with Crippen LogP contribution in [-0.2, 0) is 0 Å². The molecular weight excluding hydrogens is 460 g/mol. The van der Waals surface area contributed by atoms with Gasteiger partial charge in [-0.15, -0.1) is 0 Å². The fourth-order valence-electron chi connectivity index (χ4n) is 4.97. The zero-order chi connectivity index (χ0) is 25.9. The zero-order valence-electron chi connectivity index (χ0n) is 21.7. The molecule has 1 aliphatic rings. The normalized spacial score (nSPS) is 14.3. The summed E-state index contributed by atoms with van der Waals surface area (Å²) in [7, 11) is 0. The number of hydrogen-bond acceptors (Lipinski definition) is 3. The van der Waals surface area contributed by atoms with E-state index >= 15 is 0 Å². The molecule has 0 aliphatic carbocycles. The van der Waals surface area contributed by atoms with Crippen LogP contribution in [0.4, 0.5) is 10.5 Å². The Balaban J connectivity index is 1.32. The van der Waals surface area contributed by atoms with Crippen molar-refractivity contribution in [3.63, 3.8) is 0 Å². The van der Waals surface area contributed by atoms with Crippen molar-refractivity contribution in [1.82, 2.24) is 15.5 Å². The van der Waals surface area contributed by atoms with Crippen LogP contribution in [0.3, 0.4) is 0 Å². The van der Waals surface area contributed by atoms with Crippen molar-refractivity contribution < 1.29 is 9.59 Å². The van der Waals surface area contributed by atoms with E-state index in [9.17, 15) is 9.59 Å². The lowest BCUT2D eigenvalue weighted by molar-refractivity contribution is 0.0931. The molecule has 1 fully saturated rings. The third kappa shape index (κ3) is 7.43. The van der Waals surface area contributed by atoms with Crippen molar-refractivity contribution in [2.75, 3.05) is 31.5 Å². The Hall–Kier alpha value is -3.64. The molecule has 3 aromatic carbocycles. The quantitative estimate of drug-likeness (QED) is 0.308. The Morgan fingerprint density at radius 3 is 2.05 bits per heavy atom. The number of benzene rings is 3. The second-order valence-electron chi connectivity index (χ2n) is 9.69. The van der Waals surface area contributed by atoms with Gasteiger partial charge in [0.2, 0.25) is 0 Å². The number of carbonyl (C=O) groups excluding carboxylic acids is 2. The van der Waals surface area contributed by atoms with Gasteiger partial charge in [-0.1, -0.05) is 86.1 Å². The highest BCUT2D eigenvalue weighted by Crippen LogP contribution is 2.32. The second kappa shape index (κ2) is 13.6. The molecule has 1 saturated heterocycles. The molecule has 0 atom stereocenters. The van der Waals surface area contributed by atoms with Crippen molar-refractivity contribution in [2.24, 2.45) is 5.92 Å². The largest absolute Gasteiger partial charge is 0.352 e. The number of nitrogens with one attached hydrogen (secondary N) is 3. The molecule has 1 aliphatic heterocycles. The molecule has 6 nitrogen and oxygen atoms in total. The van der Waals surface area contributed by atoms with E-state index in [1.165, 1.54) is 11.1 Å². The first-order valence-corrected chi connectivity index (χ1v) is 13.4. The van der Waals surface area contributed by atoms with Gasteiger partial charge >= 0.3 is 6.03 Å². The first kappa shape index (κ1) is 26.4. The van der Waals surface area contributed by atoms with Gasteiger partial charge in [-0.3, -0.25) is 9.69 Å². The summed E-state index contributed by atoms with van der Waals surface area (Å²) in [6, 6.07) is 28.5. The Morgan fingerprint density at radius 1 is 0.838 bits per heavy atom. The molecule has 37 heavy (non-hydrogen) atoms. The Bertz CT molecular complexity index is 1090. The number of unbranched alkanes of at least 4 members (excludes halogenated alkanes) is 1. The highest BCUT2D eigenvalue weighted by Gasteiger charge is 2.27. The van der Waals surface area contributed by atoms with Crippen molar-refractivity contribution in [3.8, 4) is 0 Å². The minimum absolute atomic E-state index is 0.154. The van der Waals surface area contributed by atoms with Gasteiger partial charge in [-0.25, -0.2) is 4.79 Å². The third-order valence-corrected chi connectivity index (χ3v) is 7.03. The van der Waals surface area contributed by atoms with Crippen LogP contribution < -0.4 is 16.0 Å². The van der Waals surface area contributed by atoms with E-state index in [1.807, 2.05) is 12.1 Å². The van der Waals surface area contributed by atoms with Crippen LogP contribution in [0.25, 0.3) is 0 Å². The molecule has 3 N–H and O–H groups in total. The van der Waals surface area contributed by atoms with E-state index in [0.717, 1.165) is 38.8 Å². The molecule has 0 radical (unpaired) electrons. The number of urea groups is 1. The molecule has 0 aromatic heterocycles. The summed E-state index contributed by atoms with van der Waals surface area (Å²) in [5, 5.41) is 8.77. The number of hydrogen-bond donors (Lipinski definition) is 3. The van der Waals surface area contributed by atoms with E-state index in [-0.39, 0.29) is 18.0 Å². The number of piperidine rings is 1. The molecule has 6 heteroatoms. The number of carbonyl (C=O) groups is 2. The summed E-state index contributed by atoms with van der Waals surface area (Å²) in [5.74, 6) is 0.267. The van der Waals surface area contributed by atoms with Crippen LogP contribution >= 0.6 is 0 Å². The van der Waals surface area contributed by atoms with Crippen LogP contribution in [-0.4, -0.2) is 43.0 Å². The lowest BCUT2D eigenvalue weighted by Crippen LogP contribution is -2.40. The highest BCUT2D eigenvalue weighted by molar-refractivity contribution is 6.03. The monoisotopic (exact) mass is 498 g/mol. The minimum Gasteiger partial charge on any atom is -0.352 e. The predicted octanol–water partition coefficient (Wildman–Crippen LogP) is 5.84. The minimum atomic E-state index is -0.285. The van der Waals surface area contributed by atoms with Gasteiger partial charge in [0.05, 0.1) is 17.3 Å². The number of rotatable bonds is 10. The van der Waals surface area contributed by atoms with Gasteiger partial charge < -0.3 is 16.0 Å². The summed E-state index contributed by atoms with van der Waals surface area (Å²) >= 11 is 0. The highest BCUT2D eigenvalue weighted by atomic mass is 16.2. The molecule has 1 heterocycles. The molecule has 0 saturated carbocycles. The molecule has 4 rings (SSSR count). The van der Waals surface area contributed by atoms with Crippen molar-refractivity contribution in [2.45, 2.75) is 38.6 Å². The van der Waals surface area contributed by atoms with Crippen LogP contribution in [0.1, 0.15) is 60.1 Å². The zero-order valence-corrected chi connectivity index (χ0v) is 21.7. The van der Waals surface area contributed by atoms with Crippen molar-refractivity contribution in [3.05, 3.63) is 102 Å². The molecule has 0 spiro atoms. The maximum atomic E-state index is 13.0. The number of nitrogens with zero attached hydrogens (tertiary/aromatic N) is 1. The summed E-state index contributed by atoms with van der Waals surface area (Å²) in [5.41, 5.74) is 3.63. The molecule has 0 unspecified atom stereocenters. The van der Waals surface area contributed by atoms with Crippen molar-refractivity contribution >= 4 is 17.6 Å². The van der Waals surface area contributed by atoms with Crippen LogP contribution in [0, 0.1) is 5.92 Å². The first-order valence-electron chi connectivity index (χ1n) is 13.4. The van der Waals surface area contributed by atoms with E-state index in [4.69, 9.17) is 0 Å². The Morgan fingerprint density at radius 2 is 1.43 bits per heavy atom. The molecule has 3 aromatic rings. The topological polar surface area (TPSA) is 73.5 Å². The molecule has 0 bridgehead atoms. The van der Waals surface area contributed by atoms with Gasteiger partial charge in [0, 0.05) is 13.1 Å². The maximum Gasteiger partial charge on any atom is 0.319 e. The average Bonchev–Trinajstić information content (AvgIpc) is 2.94. The third-order valence-electron chi connectivity index (χ3n) is 7.03. The summed E-state index contributed by atoms with van der Waals surface area (Å²) in [6.07, 6.45) is 3.98.